The van der Waals surface area contributed by atoms with E-state index in [2.05, 4.69) is 25.7 Å². The fourth-order valence-corrected chi connectivity index (χ4v) is 3.73. The lowest BCUT2D eigenvalue weighted by Gasteiger charge is -2.28. The van der Waals surface area contributed by atoms with E-state index in [1.807, 2.05) is 49.4 Å². The molecule has 0 saturated heterocycles. The summed E-state index contributed by atoms with van der Waals surface area (Å²) in [6, 6.07) is 18.4. The third kappa shape index (κ3) is 3.62. The predicted octanol–water partition coefficient (Wildman–Crippen LogP) is 4.41. The molecule has 1 atom stereocenters. The molecule has 2 N–H and O–H groups in total. The third-order valence-corrected chi connectivity index (χ3v) is 5.23. The molecule has 1 amide bonds. The van der Waals surface area contributed by atoms with Crippen molar-refractivity contribution in [2.75, 3.05) is 10.6 Å². The standard InChI is InChI=1S/C24H19FN6O/c1-15-20(23(32)28-19-7-3-2-4-8-19)21(17-6-5-13-26-14-17)31-24(27-15)29-22(30-31)16-9-11-18(25)12-10-16/h2-14,21H,1H3,(H,28,32)(H,27,29,30). The first-order valence-corrected chi connectivity index (χ1v) is 10.1. The summed E-state index contributed by atoms with van der Waals surface area (Å²) in [6.07, 6.45) is 3.39. The van der Waals surface area contributed by atoms with Gasteiger partial charge < -0.3 is 10.6 Å². The topological polar surface area (TPSA) is 84.7 Å². The van der Waals surface area contributed by atoms with Gasteiger partial charge in [-0.05, 0) is 55.0 Å². The summed E-state index contributed by atoms with van der Waals surface area (Å²) in [4.78, 5) is 22.2. The number of para-hydroxylation sites is 1. The number of halogens is 1. The highest BCUT2D eigenvalue weighted by molar-refractivity contribution is 6.06. The summed E-state index contributed by atoms with van der Waals surface area (Å²) < 4.78 is 15.0. The molecule has 8 heteroatoms. The number of nitrogens with zero attached hydrogens (tertiary/aromatic N) is 4. The normalized spacial score (nSPS) is 15.1. The highest BCUT2D eigenvalue weighted by Gasteiger charge is 2.34. The Labute approximate surface area is 183 Å². The van der Waals surface area contributed by atoms with Gasteiger partial charge in [-0.3, -0.25) is 9.78 Å². The Balaban J connectivity index is 1.59. The van der Waals surface area contributed by atoms with Gasteiger partial charge in [-0.2, -0.15) is 4.98 Å². The molecule has 7 nitrogen and oxygen atoms in total. The quantitative estimate of drug-likeness (QED) is 0.505. The Hall–Kier alpha value is -4.33. The van der Waals surface area contributed by atoms with Crippen LogP contribution < -0.4 is 10.6 Å². The Morgan fingerprint density at radius 2 is 1.84 bits per heavy atom. The molecule has 2 aromatic carbocycles. The van der Waals surface area contributed by atoms with Crippen molar-refractivity contribution in [2.24, 2.45) is 0 Å². The maximum Gasteiger partial charge on any atom is 0.255 e. The zero-order valence-corrected chi connectivity index (χ0v) is 17.2. The van der Waals surface area contributed by atoms with Crippen LogP contribution in [0.3, 0.4) is 0 Å². The number of fused-ring (bicyclic) bond motifs is 1. The molecular weight excluding hydrogens is 407 g/mol. The number of pyridine rings is 1. The average molecular weight is 426 g/mol. The van der Waals surface area contributed by atoms with Crippen molar-refractivity contribution < 1.29 is 9.18 Å². The zero-order chi connectivity index (χ0) is 22.1. The van der Waals surface area contributed by atoms with Gasteiger partial charge in [-0.25, -0.2) is 9.07 Å². The number of hydrogen-bond acceptors (Lipinski definition) is 5. The van der Waals surface area contributed by atoms with Crippen LogP contribution in [0, 0.1) is 5.82 Å². The minimum absolute atomic E-state index is 0.250. The number of anilines is 2. The molecule has 158 valence electrons. The van der Waals surface area contributed by atoms with Gasteiger partial charge in [0.25, 0.3) is 5.91 Å². The Morgan fingerprint density at radius 1 is 1.06 bits per heavy atom. The smallest absolute Gasteiger partial charge is 0.255 e. The van der Waals surface area contributed by atoms with Crippen molar-refractivity contribution >= 4 is 17.5 Å². The number of carbonyl (C=O) groups excluding carboxylic acids is 1. The monoisotopic (exact) mass is 426 g/mol. The highest BCUT2D eigenvalue weighted by atomic mass is 19.1. The molecule has 1 aliphatic heterocycles. The van der Waals surface area contributed by atoms with Gasteiger partial charge in [0.2, 0.25) is 5.95 Å². The molecule has 0 spiro atoms. The maximum absolute atomic E-state index is 13.4. The number of amides is 1. The van der Waals surface area contributed by atoms with Gasteiger partial charge in [-0.1, -0.05) is 24.3 Å². The van der Waals surface area contributed by atoms with Crippen LogP contribution in [0.1, 0.15) is 18.5 Å². The van der Waals surface area contributed by atoms with Crippen molar-refractivity contribution in [1.29, 1.82) is 0 Å². The second kappa shape index (κ2) is 8.07. The first-order valence-electron chi connectivity index (χ1n) is 10.1. The van der Waals surface area contributed by atoms with E-state index >= 15 is 0 Å². The molecule has 0 saturated carbocycles. The van der Waals surface area contributed by atoms with Crippen LogP contribution in [0.15, 0.2) is 90.4 Å². The summed E-state index contributed by atoms with van der Waals surface area (Å²) in [7, 11) is 0. The summed E-state index contributed by atoms with van der Waals surface area (Å²) in [6.45, 7) is 1.83. The van der Waals surface area contributed by atoms with E-state index in [-0.39, 0.29) is 11.7 Å². The highest BCUT2D eigenvalue weighted by Crippen LogP contribution is 2.36. The fraction of sp³-hybridized carbons (Fsp3) is 0.0833. The molecule has 4 aromatic rings. The largest absolute Gasteiger partial charge is 0.328 e. The number of carbonyl (C=O) groups is 1. The zero-order valence-electron chi connectivity index (χ0n) is 17.2. The van der Waals surface area contributed by atoms with Gasteiger partial charge in [-0.15, -0.1) is 5.10 Å². The predicted molar refractivity (Wildman–Crippen MR) is 119 cm³/mol. The lowest BCUT2D eigenvalue weighted by Crippen LogP contribution is -2.31. The van der Waals surface area contributed by atoms with Crippen LogP contribution in [-0.2, 0) is 4.79 Å². The van der Waals surface area contributed by atoms with E-state index in [9.17, 15) is 9.18 Å². The molecule has 1 unspecified atom stereocenters. The van der Waals surface area contributed by atoms with E-state index in [0.717, 1.165) is 5.56 Å². The first-order chi connectivity index (χ1) is 15.6. The van der Waals surface area contributed by atoms with Crippen molar-refractivity contribution in [2.45, 2.75) is 13.0 Å². The van der Waals surface area contributed by atoms with Gasteiger partial charge in [0.1, 0.15) is 11.9 Å². The fourth-order valence-electron chi connectivity index (χ4n) is 3.73. The number of hydrogen-bond donors (Lipinski definition) is 2. The van der Waals surface area contributed by atoms with E-state index in [1.165, 1.54) is 12.1 Å². The molecule has 0 bridgehead atoms. The van der Waals surface area contributed by atoms with Crippen LogP contribution >= 0.6 is 0 Å². The molecule has 3 heterocycles. The minimum atomic E-state index is -0.537. The van der Waals surface area contributed by atoms with Crippen LogP contribution in [0.25, 0.3) is 11.4 Å². The van der Waals surface area contributed by atoms with Gasteiger partial charge in [0, 0.05) is 29.3 Å². The molecule has 32 heavy (non-hydrogen) atoms. The second-order valence-corrected chi connectivity index (χ2v) is 7.38. The average Bonchev–Trinajstić information content (AvgIpc) is 3.23. The number of allylic oxidation sites excluding steroid dienone is 1. The summed E-state index contributed by atoms with van der Waals surface area (Å²) in [5, 5.41) is 10.8. The van der Waals surface area contributed by atoms with Crippen molar-refractivity contribution in [3.63, 3.8) is 0 Å². The third-order valence-electron chi connectivity index (χ3n) is 5.23. The summed E-state index contributed by atoms with van der Waals surface area (Å²) in [5.41, 5.74) is 3.33. The lowest BCUT2D eigenvalue weighted by molar-refractivity contribution is -0.113. The number of rotatable bonds is 4. The maximum atomic E-state index is 13.4. The van der Waals surface area contributed by atoms with E-state index in [1.54, 1.807) is 29.2 Å². The Morgan fingerprint density at radius 3 is 2.56 bits per heavy atom. The second-order valence-electron chi connectivity index (χ2n) is 7.38. The molecule has 2 aromatic heterocycles. The molecule has 5 rings (SSSR count). The Bertz CT molecular complexity index is 1300. The van der Waals surface area contributed by atoms with Gasteiger partial charge >= 0.3 is 0 Å². The van der Waals surface area contributed by atoms with E-state index in [4.69, 9.17) is 0 Å². The molecular formula is C24H19FN6O. The van der Waals surface area contributed by atoms with Crippen molar-refractivity contribution in [1.82, 2.24) is 19.7 Å². The number of aromatic nitrogens is 4. The summed E-state index contributed by atoms with van der Waals surface area (Å²) >= 11 is 0. The SMILES string of the molecule is CC1=C(C(=O)Nc2ccccc2)C(c2cccnc2)n2nc(-c3ccc(F)cc3)nc2N1. The minimum Gasteiger partial charge on any atom is -0.328 e. The van der Waals surface area contributed by atoms with Crippen LogP contribution in [0.5, 0.6) is 0 Å². The Kier molecular flexibility index (Phi) is 4.95. The number of nitrogens with one attached hydrogen (secondary N) is 2. The number of benzene rings is 2. The van der Waals surface area contributed by atoms with E-state index in [0.29, 0.717) is 34.3 Å². The summed E-state index contributed by atoms with van der Waals surface area (Å²) in [5.74, 6) is 0.340. The van der Waals surface area contributed by atoms with Gasteiger partial charge in [0.15, 0.2) is 5.82 Å². The van der Waals surface area contributed by atoms with Crippen molar-refractivity contribution in [3.8, 4) is 11.4 Å². The lowest BCUT2D eigenvalue weighted by atomic mass is 9.96. The van der Waals surface area contributed by atoms with Crippen LogP contribution in [0.4, 0.5) is 16.0 Å². The van der Waals surface area contributed by atoms with Gasteiger partial charge in [0.05, 0.1) is 5.57 Å². The van der Waals surface area contributed by atoms with Crippen LogP contribution in [0.2, 0.25) is 0 Å². The molecule has 0 fully saturated rings. The molecule has 0 radical (unpaired) electrons. The molecule has 1 aliphatic rings. The first kappa shape index (κ1) is 19.6. The van der Waals surface area contributed by atoms with Crippen molar-refractivity contribution in [3.05, 3.63) is 102 Å². The molecule has 0 aliphatic carbocycles. The van der Waals surface area contributed by atoms with E-state index < -0.39 is 6.04 Å². The van der Waals surface area contributed by atoms with Crippen LogP contribution in [-0.4, -0.2) is 25.7 Å².